The largest absolute Gasteiger partial charge is 0.383 e. The van der Waals surface area contributed by atoms with Gasteiger partial charge in [-0.1, -0.05) is 48.6 Å². The summed E-state index contributed by atoms with van der Waals surface area (Å²) in [6, 6.07) is 4.69. The number of nitrogens with one attached hydrogen (secondary N) is 2. The molecule has 0 spiro atoms. The Kier molecular flexibility index (Phi) is 7.83. The average Bonchev–Trinajstić information content (AvgIpc) is 2.70. The number of halogens is 1. The summed E-state index contributed by atoms with van der Waals surface area (Å²) in [6.45, 7) is 6.52. The van der Waals surface area contributed by atoms with Gasteiger partial charge in [0.05, 0.1) is 5.69 Å². The van der Waals surface area contributed by atoms with Crippen LogP contribution in [-0.2, 0) is 21.2 Å². The SMILES string of the molecule is CC1CCN(C(=O)C(CCCI)NS(=O)(=O)c2cccc3c2NC[C@@H](C)C3)CC1. The van der Waals surface area contributed by atoms with Crippen molar-refractivity contribution >= 4 is 44.2 Å². The van der Waals surface area contributed by atoms with Crippen LogP contribution in [0.4, 0.5) is 5.69 Å². The van der Waals surface area contributed by atoms with Gasteiger partial charge in [-0.2, -0.15) is 4.72 Å². The van der Waals surface area contributed by atoms with Gasteiger partial charge in [0.2, 0.25) is 15.9 Å². The number of alkyl halides is 1. The van der Waals surface area contributed by atoms with E-state index in [2.05, 4.69) is 46.5 Å². The van der Waals surface area contributed by atoms with Gasteiger partial charge in [0, 0.05) is 19.6 Å². The number of para-hydroxylation sites is 1. The first kappa shape index (κ1) is 22.8. The number of hydrogen-bond acceptors (Lipinski definition) is 4. The summed E-state index contributed by atoms with van der Waals surface area (Å²) in [4.78, 5) is 15.2. The molecule has 1 saturated heterocycles. The summed E-state index contributed by atoms with van der Waals surface area (Å²) in [5.74, 6) is 0.998. The van der Waals surface area contributed by atoms with Crippen LogP contribution in [0.5, 0.6) is 0 Å². The summed E-state index contributed by atoms with van der Waals surface area (Å²) >= 11 is 2.27. The monoisotopic (exact) mass is 533 g/mol. The quantitative estimate of drug-likeness (QED) is 0.416. The molecule has 1 amide bonds. The molecule has 0 bridgehead atoms. The Bertz CT molecular complexity index is 822. The Morgan fingerprint density at radius 2 is 2.00 bits per heavy atom. The third-order valence-electron chi connectivity index (χ3n) is 5.91. The lowest BCUT2D eigenvalue weighted by molar-refractivity contribution is -0.134. The van der Waals surface area contributed by atoms with Crippen molar-refractivity contribution in [1.82, 2.24) is 9.62 Å². The van der Waals surface area contributed by atoms with Gasteiger partial charge in [0.15, 0.2) is 0 Å². The summed E-state index contributed by atoms with van der Waals surface area (Å²) in [6.07, 6.45) is 4.13. The molecule has 29 heavy (non-hydrogen) atoms. The van der Waals surface area contributed by atoms with Crippen LogP contribution in [0.1, 0.15) is 45.1 Å². The molecule has 1 aromatic carbocycles. The Labute approximate surface area is 188 Å². The fraction of sp³-hybridized carbons (Fsp3) is 0.667. The molecule has 1 unspecified atom stereocenters. The molecule has 2 atom stereocenters. The molecule has 0 aromatic heterocycles. The molecule has 6 nitrogen and oxygen atoms in total. The number of anilines is 1. The summed E-state index contributed by atoms with van der Waals surface area (Å²) in [5.41, 5.74) is 1.71. The molecule has 2 N–H and O–H groups in total. The predicted molar refractivity (Wildman–Crippen MR) is 125 cm³/mol. The number of rotatable bonds is 7. The van der Waals surface area contributed by atoms with Crippen molar-refractivity contribution in [2.24, 2.45) is 11.8 Å². The summed E-state index contributed by atoms with van der Waals surface area (Å²) in [5, 5.41) is 3.29. The fourth-order valence-electron chi connectivity index (χ4n) is 4.11. The minimum Gasteiger partial charge on any atom is -0.383 e. The van der Waals surface area contributed by atoms with Crippen LogP contribution in [0.3, 0.4) is 0 Å². The molecule has 1 aromatic rings. The molecule has 0 saturated carbocycles. The number of sulfonamides is 1. The molecule has 0 aliphatic carbocycles. The summed E-state index contributed by atoms with van der Waals surface area (Å²) in [7, 11) is -3.81. The number of carbonyl (C=O) groups excluding carboxylic acids is 1. The van der Waals surface area contributed by atoms with Crippen molar-refractivity contribution in [3.05, 3.63) is 23.8 Å². The third-order valence-corrected chi connectivity index (χ3v) is 8.19. The predicted octanol–water partition coefficient (Wildman–Crippen LogP) is 3.41. The maximum absolute atomic E-state index is 13.3. The van der Waals surface area contributed by atoms with Crippen molar-refractivity contribution in [2.75, 3.05) is 29.4 Å². The van der Waals surface area contributed by atoms with Crippen molar-refractivity contribution in [1.29, 1.82) is 0 Å². The lowest BCUT2D eigenvalue weighted by Gasteiger charge is -2.33. The Morgan fingerprint density at radius 1 is 1.28 bits per heavy atom. The van der Waals surface area contributed by atoms with E-state index in [-0.39, 0.29) is 10.8 Å². The van der Waals surface area contributed by atoms with E-state index < -0.39 is 16.1 Å². The van der Waals surface area contributed by atoms with Crippen LogP contribution in [0.2, 0.25) is 0 Å². The maximum atomic E-state index is 13.3. The number of benzene rings is 1. The van der Waals surface area contributed by atoms with Crippen LogP contribution in [-0.4, -0.2) is 49.3 Å². The molecule has 8 heteroatoms. The molecule has 1 fully saturated rings. The number of fused-ring (bicyclic) bond motifs is 1. The normalized spacial score (nSPS) is 21.3. The second-order valence-corrected chi connectivity index (χ2v) is 11.3. The number of hydrogen-bond donors (Lipinski definition) is 2. The van der Waals surface area contributed by atoms with E-state index in [9.17, 15) is 13.2 Å². The van der Waals surface area contributed by atoms with Gasteiger partial charge in [-0.15, -0.1) is 0 Å². The van der Waals surface area contributed by atoms with Crippen molar-refractivity contribution in [3.8, 4) is 0 Å². The topological polar surface area (TPSA) is 78.5 Å². The van der Waals surface area contributed by atoms with E-state index in [4.69, 9.17) is 0 Å². The van der Waals surface area contributed by atoms with E-state index >= 15 is 0 Å². The van der Waals surface area contributed by atoms with Gasteiger partial charge < -0.3 is 10.2 Å². The number of carbonyl (C=O) groups is 1. The Balaban J connectivity index is 1.81. The molecule has 2 aliphatic rings. The number of likely N-dealkylation sites (tertiary alicyclic amines) is 1. The first-order valence-electron chi connectivity index (χ1n) is 10.5. The van der Waals surface area contributed by atoms with Crippen LogP contribution < -0.4 is 10.0 Å². The van der Waals surface area contributed by atoms with Crippen molar-refractivity contribution in [3.63, 3.8) is 0 Å². The second-order valence-electron chi connectivity index (χ2n) is 8.49. The number of amides is 1. The Morgan fingerprint density at radius 3 is 2.69 bits per heavy atom. The van der Waals surface area contributed by atoms with E-state index in [0.29, 0.717) is 37.0 Å². The van der Waals surface area contributed by atoms with Crippen LogP contribution in [0.25, 0.3) is 0 Å². The standard InChI is InChI=1S/C21H32IN3O3S/c1-15-8-11-25(12-9-15)21(26)18(6-4-10-22)24-29(27,28)19-7-3-5-17-13-16(2)14-23-20(17)19/h3,5,7,15-16,18,23-24H,4,6,8-14H2,1-2H3/t16-,18?/m0/s1. The lowest BCUT2D eigenvalue weighted by Crippen LogP contribution is -2.50. The third kappa shape index (κ3) is 5.64. The number of nitrogens with zero attached hydrogens (tertiary/aromatic N) is 1. The minimum atomic E-state index is -3.81. The van der Waals surface area contributed by atoms with Crippen LogP contribution in [0.15, 0.2) is 23.1 Å². The van der Waals surface area contributed by atoms with E-state index in [1.165, 1.54) is 0 Å². The van der Waals surface area contributed by atoms with Gasteiger partial charge in [0.1, 0.15) is 10.9 Å². The first-order chi connectivity index (χ1) is 13.8. The fourth-order valence-corrected chi connectivity index (χ4v) is 6.00. The first-order valence-corrected chi connectivity index (χ1v) is 13.6. The highest BCUT2D eigenvalue weighted by Crippen LogP contribution is 2.31. The molecule has 162 valence electrons. The highest BCUT2D eigenvalue weighted by molar-refractivity contribution is 14.1. The van der Waals surface area contributed by atoms with E-state index in [1.807, 2.05) is 11.0 Å². The molecule has 2 aliphatic heterocycles. The smallest absolute Gasteiger partial charge is 0.243 e. The maximum Gasteiger partial charge on any atom is 0.243 e. The van der Waals surface area contributed by atoms with Gasteiger partial charge in [-0.3, -0.25) is 4.79 Å². The molecule has 0 radical (unpaired) electrons. The highest BCUT2D eigenvalue weighted by atomic mass is 127. The zero-order chi connectivity index (χ0) is 21.0. The van der Waals surface area contributed by atoms with Crippen LogP contribution >= 0.6 is 22.6 Å². The molecular formula is C21H32IN3O3S. The molecular weight excluding hydrogens is 501 g/mol. The van der Waals surface area contributed by atoms with Crippen molar-refractivity contribution < 1.29 is 13.2 Å². The van der Waals surface area contributed by atoms with Gasteiger partial charge >= 0.3 is 0 Å². The summed E-state index contributed by atoms with van der Waals surface area (Å²) < 4.78 is 30.2. The highest BCUT2D eigenvalue weighted by Gasteiger charge is 2.32. The second kappa shape index (κ2) is 9.96. The Hall–Kier alpha value is -0.870. The van der Waals surface area contributed by atoms with Crippen molar-refractivity contribution in [2.45, 2.75) is 56.9 Å². The lowest BCUT2D eigenvalue weighted by atomic mass is 9.96. The number of piperidine rings is 1. The van der Waals surface area contributed by atoms with Gasteiger partial charge in [0.25, 0.3) is 0 Å². The molecule has 3 rings (SSSR count). The van der Waals surface area contributed by atoms with Crippen LogP contribution in [0, 0.1) is 11.8 Å². The zero-order valence-corrected chi connectivity index (χ0v) is 20.3. The van der Waals surface area contributed by atoms with E-state index in [0.717, 1.165) is 42.2 Å². The zero-order valence-electron chi connectivity index (χ0n) is 17.3. The molecule has 2 heterocycles. The van der Waals surface area contributed by atoms with Gasteiger partial charge in [-0.05, 0) is 60.0 Å². The van der Waals surface area contributed by atoms with E-state index in [1.54, 1.807) is 12.1 Å². The average molecular weight is 533 g/mol. The minimum absolute atomic E-state index is 0.0864. The van der Waals surface area contributed by atoms with Gasteiger partial charge in [-0.25, -0.2) is 8.42 Å².